The highest BCUT2D eigenvalue weighted by Crippen LogP contribution is 2.28. The Morgan fingerprint density at radius 2 is 2.27 bits per heavy atom. The van der Waals surface area contributed by atoms with E-state index in [-0.39, 0.29) is 5.92 Å². The number of aliphatic hydroxyl groups is 1. The van der Waals surface area contributed by atoms with Crippen molar-refractivity contribution >= 4 is 11.6 Å². The zero-order chi connectivity index (χ0) is 15.5. The third-order valence-corrected chi connectivity index (χ3v) is 4.44. The SMILES string of the molecule is Cc1noc(C2CCCN(CC(O)c3ccccc3Cl)C2)n1. The average molecular weight is 322 g/mol. The van der Waals surface area contributed by atoms with E-state index in [0.29, 0.717) is 23.3 Å². The van der Waals surface area contributed by atoms with Crippen LogP contribution >= 0.6 is 11.6 Å². The van der Waals surface area contributed by atoms with Gasteiger partial charge in [-0.1, -0.05) is 35.0 Å². The summed E-state index contributed by atoms with van der Waals surface area (Å²) in [5.74, 6) is 1.62. The predicted octanol–water partition coefficient (Wildman–Crippen LogP) is 2.94. The summed E-state index contributed by atoms with van der Waals surface area (Å²) in [7, 11) is 0. The van der Waals surface area contributed by atoms with E-state index < -0.39 is 6.10 Å². The van der Waals surface area contributed by atoms with Crippen molar-refractivity contribution < 1.29 is 9.63 Å². The van der Waals surface area contributed by atoms with Crippen molar-refractivity contribution in [1.29, 1.82) is 0 Å². The molecule has 22 heavy (non-hydrogen) atoms. The molecule has 1 aromatic heterocycles. The molecule has 1 aromatic carbocycles. The lowest BCUT2D eigenvalue weighted by molar-refractivity contribution is 0.0911. The van der Waals surface area contributed by atoms with Gasteiger partial charge in [0.05, 0.1) is 12.0 Å². The first-order chi connectivity index (χ1) is 10.6. The predicted molar refractivity (Wildman–Crippen MR) is 83.9 cm³/mol. The number of β-amino-alcohol motifs (C(OH)–C–C–N with tert-alkyl or cyclic N) is 1. The van der Waals surface area contributed by atoms with E-state index >= 15 is 0 Å². The highest BCUT2D eigenvalue weighted by molar-refractivity contribution is 6.31. The van der Waals surface area contributed by atoms with Gasteiger partial charge in [0, 0.05) is 23.7 Å². The zero-order valence-corrected chi connectivity index (χ0v) is 13.3. The fourth-order valence-corrected chi connectivity index (χ4v) is 3.25. The Labute approximate surface area is 134 Å². The number of aryl methyl sites for hydroxylation is 1. The van der Waals surface area contributed by atoms with Crippen molar-refractivity contribution in [2.45, 2.75) is 31.8 Å². The minimum Gasteiger partial charge on any atom is -0.387 e. The number of hydrogen-bond acceptors (Lipinski definition) is 5. The smallest absolute Gasteiger partial charge is 0.231 e. The van der Waals surface area contributed by atoms with Gasteiger partial charge in [-0.3, -0.25) is 4.90 Å². The van der Waals surface area contributed by atoms with Crippen molar-refractivity contribution in [3.63, 3.8) is 0 Å². The number of likely N-dealkylation sites (tertiary alicyclic amines) is 1. The van der Waals surface area contributed by atoms with E-state index in [4.69, 9.17) is 16.1 Å². The Kier molecular flexibility index (Phi) is 4.76. The largest absolute Gasteiger partial charge is 0.387 e. The molecule has 1 aliphatic heterocycles. The fraction of sp³-hybridized carbons (Fsp3) is 0.500. The first kappa shape index (κ1) is 15.5. The van der Waals surface area contributed by atoms with Crippen molar-refractivity contribution in [3.05, 3.63) is 46.6 Å². The van der Waals surface area contributed by atoms with E-state index in [0.717, 1.165) is 31.5 Å². The van der Waals surface area contributed by atoms with Crippen LogP contribution in [0.1, 0.15) is 42.1 Å². The quantitative estimate of drug-likeness (QED) is 0.938. The van der Waals surface area contributed by atoms with Crippen molar-refractivity contribution in [3.8, 4) is 0 Å². The number of nitrogens with zero attached hydrogens (tertiary/aromatic N) is 3. The molecule has 1 aliphatic rings. The average Bonchev–Trinajstić information content (AvgIpc) is 2.94. The summed E-state index contributed by atoms with van der Waals surface area (Å²) >= 11 is 6.15. The van der Waals surface area contributed by atoms with Gasteiger partial charge in [0.25, 0.3) is 0 Å². The Bertz CT molecular complexity index is 631. The number of rotatable bonds is 4. The summed E-state index contributed by atoms with van der Waals surface area (Å²) in [5, 5.41) is 14.9. The standard InChI is InChI=1S/C16H20ClN3O2/c1-11-18-16(22-19-11)12-5-4-8-20(9-12)10-15(21)13-6-2-3-7-14(13)17/h2-3,6-7,12,15,21H,4-5,8-10H2,1H3. The third-order valence-electron chi connectivity index (χ3n) is 4.09. The summed E-state index contributed by atoms with van der Waals surface area (Å²) in [6.45, 7) is 4.18. The lowest BCUT2D eigenvalue weighted by Gasteiger charge is -2.32. The van der Waals surface area contributed by atoms with E-state index in [1.807, 2.05) is 25.1 Å². The third kappa shape index (κ3) is 3.48. The Morgan fingerprint density at radius 1 is 1.45 bits per heavy atom. The molecule has 5 nitrogen and oxygen atoms in total. The molecule has 2 heterocycles. The minimum atomic E-state index is -0.586. The van der Waals surface area contributed by atoms with Crippen LogP contribution in [0, 0.1) is 6.92 Å². The molecule has 1 fully saturated rings. The van der Waals surface area contributed by atoms with Crippen molar-refractivity contribution in [2.75, 3.05) is 19.6 Å². The van der Waals surface area contributed by atoms with Crippen LogP contribution in [-0.2, 0) is 0 Å². The van der Waals surface area contributed by atoms with Gasteiger partial charge >= 0.3 is 0 Å². The van der Waals surface area contributed by atoms with Crippen LogP contribution in [0.25, 0.3) is 0 Å². The highest BCUT2D eigenvalue weighted by Gasteiger charge is 2.27. The first-order valence-electron chi connectivity index (χ1n) is 7.58. The van der Waals surface area contributed by atoms with Gasteiger partial charge in [-0.15, -0.1) is 0 Å². The van der Waals surface area contributed by atoms with Gasteiger partial charge in [-0.05, 0) is 32.4 Å². The molecule has 0 amide bonds. The second-order valence-corrected chi connectivity index (χ2v) is 6.22. The molecule has 0 spiro atoms. The summed E-state index contributed by atoms with van der Waals surface area (Å²) < 4.78 is 5.29. The molecule has 6 heteroatoms. The number of aromatic nitrogens is 2. The van der Waals surface area contributed by atoms with Crippen LogP contribution < -0.4 is 0 Å². The van der Waals surface area contributed by atoms with Crippen LogP contribution in [0.3, 0.4) is 0 Å². The highest BCUT2D eigenvalue weighted by atomic mass is 35.5. The maximum Gasteiger partial charge on any atom is 0.231 e. The number of aliphatic hydroxyl groups excluding tert-OH is 1. The normalized spacial score (nSPS) is 21.0. The summed E-state index contributed by atoms with van der Waals surface area (Å²) in [4.78, 5) is 6.57. The molecule has 0 bridgehead atoms. The maximum absolute atomic E-state index is 10.4. The molecule has 0 radical (unpaired) electrons. The lowest BCUT2D eigenvalue weighted by atomic mass is 9.97. The Morgan fingerprint density at radius 3 is 3.00 bits per heavy atom. The molecule has 1 N–H and O–H groups in total. The topological polar surface area (TPSA) is 62.4 Å². The molecule has 2 unspecified atom stereocenters. The second-order valence-electron chi connectivity index (χ2n) is 5.82. The van der Waals surface area contributed by atoms with Crippen molar-refractivity contribution in [1.82, 2.24) is 15.0 Å². The molecule has 2 atom stereocenters. The first-order valence-corrected chi connectivity index (χ1v) is 7.96. The Balaban J connectivity index is 1.64. The number of piperidine rings is 1. The van der Waals surface area contributed by atoms with Gasteiger partial charge in [-0.25, -0.2) is 0 Å². The van der Waals surface area contributed by atoms with E-state index in [2.05, 4.69) is 15.0 Å². The van der Waals surface area contributed by atoms with E-state index in [1.165, 1.54) is 0 Å². The number of hydrogen-bond donors (Lipinski definition) is 1. The van der Waals surface area contributed by atoms with E-state index in [9.17, 15) is 5.11 Å². The van der Waals surface area contributed by atoms with Gasteiger partial charge in [0.15, 0.2) is 5.82 Å². The fourth-order valence-electron chi connectivity index (χ4n) is 2.99. The van der Waals surface area contributed by atoms with Crippen LogP contribution in [0.15, 0.2) is 28.8 Å². The molecule has 0 saturated carbocycles. The van der Waals surface area contributed by atoms with Crippen molar-refractivity contribution in [2.24, 2.45) is 0 Å². The molecule has 1 saturated heterocycles. The van der Waals surface area contributed by atoms with Gasteiger partial charge < -0.3 is 9.63 Å². The van der Waals surface area contributed by atoms with Crippen LogP contribution in [-0.4, -0.2) is 39.8 Å². The van der Waals surface area contributed by atoms with Crippen LogP contribution in [0.2, 0.25) is 5.02 Å². The zero-order valence-electron chi connectivity index (χ0n) is 12.6. The van der Waals surface area contributed by atoms with Gasteiger partial charge in [-0.2, -0.15) is 4.98 Å². The second kappa shape index (κ2) is 6.77. The van der Waals surface area contributed by atoms with Crippen LogP contribution in [0.4, 0.5) is 0 Å². The summed E-state index contributed by atoms with van der Waals surface area (Å²) in [5.41, 5.74) is 0.778. The van der Waals surface area contributed by atoms with Gasteiger partial charge in [0.2, 0.25) is 5.89 Å². The summed E-state index contributed by atoms with van der Waals surface area (Å²) in [6, 6.07) is 7.44. The summed E-state index contributed by atoms with van der Waals surface area (Å²) in [6.07, 6.45) is 1.51. The monoisotopic (exact) mass is 321 g/mol. The molecule has 0 aliphatic carbocycles. The Hall–Kier alpha value is -1.43. The molecular formula is C16H20ClN3O2. The van der Waals surface area contributed by atoms with Gasteiger partial charge in [0.1, 0.15) is 0 Å². The van der Waals surface area contributed by atoms with E-state index in [1.54, 1.807) is 6.07 Å². The maximum atomic E-state index is 10.4. The minimum absolute atomic E-state index is 0.244. The van der Waals surface area contributed by atoms with Crippen LogP contribution in [0.5, 0.6) is 0 Å². The molecule has 118 valence electrons. The number of benzene rings is 1. The number of halogens is 1. The molecule has 3 rings (SSSR count). The lowest BCUT2D eigenvalue weighted by Crippen LogP contribution is -2.37. The molecular weight excluding hydrogens is 302 g/mol. The molecule has 2 aromatic rings.